The number of halogens is 2. The largest absolute Gasteiger partial charge is 0.482 e. The smallest absolute Gasteiger partial charge is 0.335 e. The van der Waals surface area contributed by atoms with Gasteiger partial charge in [0, 0.05) is 10.7 Å². The van der Waals surface area contributed by atoms with E-state index in [1.807, 2.05) is 6.92 Å². The number of hydrogen-bond acceptors (Lipinski definition) is 3. The molecule has 0 fully saturated rings. The van der Waals surface area contributed by atoms with Gasteiger partial charge in [-0.3, -0.25) is 4.79 Å². The van der Waals surface area contributed by atoms with Crippen molar-refractivity contribution < 1.29 is 19.4 Å². The quantitative estimate of drug-likeness (QED) is 0.851. The van der Waals surface area contributed by atoms with Crippen molar-refractivity contribution in [2.24, 2.45) is 0 Å². The van der Waals surface area contributed by atoms with Crippen molar-refractivity contribution in [2.75, 3.05) is 11.9 Å². The Morgan fingerprint density at radius 3 is 2.48 bits per heavy atom. The molecule has 0 atom stereocenters. The molecule has 0 spiro atoms. The van der Waals surface area contributed by atoms with E-state index in [2.05, 4.69) is 5.32 Å². The molecule has 0 aliphatic carbocycles. The number of benzene rings is 2. The molecular formula is C16H13Cl2NO4. The Labute approximate surface area is 142 Å². The second kappa shape index (κ2) is 7.35. The number of aryl methyl sites for hydroxylation is 1. The van der Waals surface area contributed by atoms with Crippen LogP contribution in [0, 0.1) is 6.92 Å². The van der Waals surface area contributed by atoms with Crippen LogP contribution in [-0.2, 0) is 4.79 Å². The highest BCUT2D eigenvalue weighted by Crippen LogP contribution is 2.25. The van der Waals surface area contributed by atoms with Gasteiger partial charge in [-0.2, -0.15) is 0 Å². The van der Waals surface area contributed by atoms with Gasteiger partial charge < -0.3 is 15.2 Å². The first-order valence-electron chi connectivity index (χ1n) is 6.58. The predicted octanol–water partition coefficient (Wildman–Crippen LogP) is 4.02. The third-order valence-electron chi connectivity index (χ3n) is 2.99. The normalized spacial score (nSPS) is 10.2. The molecule has 0 saturated heterocycles. The first-order chi connectivity index (χ1) is 10.9. The number of carbonyl (C=O) groups is 2. The number of carboxylic acids is 1. The lowest BCUT2D eigenvalue weighted by Crippen LogP contribution is -2.20. The van der Waals surface area contributed by atoms with Gasteiger partial charge in [-0.05, 0) is 42.8 Å². The van der Waals surface area contributed by atoms with Crippen molar-refractivity contribution >= 4 is 40.8 Å². The second-order valence-electron chi connectivity index (χ2n) is 4.75. The van der Waals surface area contributed by atoms with Gasteiger partial charge in [-0.1, -0.05) is 29.3 Å². The van der Waals surface area contributed by atoms with E-state index in [4.69, 9.17) is 33.0 Å². The lowest BCUT2D eigenvalue weighted by molar-refractivity contribution is -0.118. The van der Waals surface area contributed by atoms with Crippen LogP contribution in [0.3, 0.4) is 0 Å². The zero-order valence-electron chi connectivity index (χ0n) is 12.1. The van der Waals surface area contributed by atoms with E-state index >= 15 is 0 Å². The summed E-state index contributed by atoms with van der Waals surface area (Å²) in [4.78, 5) is 22.7. The van der Waals surface area contributed by atoms with Gasteiger partial charge in [0.1, 0.15) is 5.75 Å². The SMILES string of the molecule is Cc1ccc(NC(=O)COc2ccc(C(=O)O)cc2Cl)cc1Cl. The lowest BCUT2D eigenvalue weighted by atomic mass is 10.2. The first kappa shape index (κ1) is 17.1. The van der Waals surface area contributed by atoms with Crippen LogP contribution in [-0.4, -0.2) is 23.6 Å². The number of aromatic carboxylic acids is 1. The maximum Gasteiger partial charge on any atom is 0.335 e. The molecule has 23 heavy (non-hydrogen) atoms. The summed E-state index contributed by atoms with van der Waals surface area (Å²) in [5.74, 6) is -1.25. The number of hydrogen-bond donors (Lipinski definition) is 2. The average Bonchev–Trinajstić information content (AvgIpc) is 2.49. The first-order valence-corrected chi connectivity index (χ1v) is 7.34. The molecule has 0 saturated carbocycles. The van der Waals surface area contributed by atoms with Crippen molar-refractivity contribution in [1.29, 1.82) is 0 Å². The van der Waals surface area contributed by atoms with Crippen molar-refractivity contribution in [3.05, 3.63) is 57.6 Å². The number of carboxylic acid groups (broad SMARTS) is 1. The Balaban J connectivity index is 1.96. The maximum atomic E-state index is 11.9. The molecule has 2 aromatic carbocycles. The molecule has 7 heteroatoms. The Bertz CT molecular complexity index is 762. The molecule has 1 amide bonds. The molecule has 5 nitrogen and oxygen atoms in total. The fourth-order valence-electron chi connectivity index (χ4n) is 1.76. The van der Waals surface area contributed by atoms with Gasteiger partial charge in [-0.25, -0.2) is 4.79 Å². The van der Waals surface area contributed by atoms with Crippen molar-refractivity contribution in [3.63, 3.8) is 0 Å². The fourth-order valence-corrected chi connectivity index (χ4v) is 2.18. The van der Waals surface area contributed by atoms with Gasteiger partial charge in [0.15, 0.2) is 6.61 Å². The minimum absolute atomic E-state index is 0.0427. The van der Waals surface area contributed by atoms with Gasteiger partial charge in [0.2, 0.25) is 0 Å². The number of ether oxygens (including phenoxy) is 1. The summed E-state index contributed by atoms with van der Waals surface area (Å²) in [7, 11) is 0. The standard InChI is InChI=1S/C16H13Cl2NO4/c1-9-2-4-11(7-12(9)17)19-15(20)8-23-14-5-3-10(16(21)22)6-13(14)18/h2-7H,8H2,1H3,(H,19,20)(H,21,22). The molecule has 2 aromatic rings. The van der Waals surface area contributed by atoms with E-state index in [0.29, 0.717) is 10.7 Å². The van der Waals surface area contributed by atoms with E-state index in [1.54, 1.807) is 18.2 Å². The zero-order chi connectivity index (χ0) is 17.0. The predicted molar refractivity (Wildman–Crippen MR) is 88.7 cm³/mol. The maximum absolute atomic E-state index is 11.9. The van der Waals surface area contributed by atoms with E-state index in [1.165, 1.54) is 18.2 Å². The van der Waals surface area contributed by atoms with Gasteiger partial charge in [0.05, 0.1) is 10.6 Å². The highest BCUT2D eigenvalue weighted by molar-refractivity contribution is 6.32. The summed E-state index contributed by atoms with van der Waals surface area (Å²) in [5.41, 5.74) is 1.51. The summed E-state index contributed by atoms with van der Waals surface area (Å²) in [6, 6.07) is 9.18. The van der Waals surface area contributed by atoms with Crippen molar-refractivity contribution in [1.82, 2.24) is 0 Å². The van der Waals surface area contributed by atoms with Crippen molar-refractivity contribution in [2.45, 2.75) is 6.92 Å². The Morgan fingerprint density at radius 2 is 1.87 bits per heavy atom. The topological polar surface area (TPSA) is 75.6 Å². The second-order valence-corrected chi connectivity index (χ2v) is 5.57. The lowest BCUT2D eigenvalue weighted by Gasteiger charge is -2.10. The van der Waals surface area contributed by atoms with Crippen LogP contribution in [0.5, 0.6) is 5.75 Å². The van der Waals surface area contributed by atoms with E-state index in [-0.39, 0.29) is 28.8 Å². The number of nitrogens with one attached hydrogen (secondary N) is 1. The van der Waals surface area contributed by atoms with Crippen LogP contribution in [0.1, 0.15) is 15.9 Å². The van der Waals surface area contributed by atoms with E-state index < -0.39 is 5.97 Å². The Kier molecular flexibility index (Phi) is 5.47. The number of amides is 1. The van der Waals surface area contributed by atoms with Crippen molar-refractivity contribution in [3.8, 4) is 5.75 Å². The third kappa shape index (κ3) is 4.61. The molecule has 120 valence electrons. The molecule has 2 rings (SSSR count). The number of anilines is 1. The van der Waals surface area contributed by atoms with Crippen LogP contribution in [0.2, 0.25) is 10.0 Å². The summed E-state index contributed by atoms with van der Waals surface area (Å²) in [6.45, 7) is 1.59. The van der Waals surface area contributed by atoms with Crippen LogP contribution < -0.4 is 10.1 Å². The number of carbonyl (C=O) groups excluding carboxylic acids is 1. The molecule has 0 aromatic heterocycles. The molecular weight excluding hydrogens is 341 g/mol. The van der Waals surface area contributed by atoms with E-state index in [0.717, 1.165) is 5.56 Å². The Hall–Kier alpha value is -2.24. The molecule has 0 bridgehead atoms. The molecule has 0 aliphatic heterocycles. The summed E-state index contributed by atoms with van der Waals surface area (Å²) < 4.78 is 5.29. The molecule has 2 N–H and O–H groups in total. The highest BCUT2D eigenvalue weighted by atomic mass is 35.5. The van der Waals surface area contributed by atoms with Crippen LogP contribution in [0.15, 0.2) is 36.4 Å². The number of rotatable bonds is 5. The monoisotopic (exact) mass is 353 g/mol. The van der Waals surface area contributed by atoms with Gasteiger partial charge in [-0.15, -0.1) is 0 Å². The summed E-state index contributed by atoms with van der Waals surface area (Å²) >= 11 is 11.9. The van der Waals surface area contributed by atoms with Crippen LogP contribution in [0.4, 0.5) is 5.69 Å². The molecule has 0 unspecified atom stereocenters. The summed E-state index contributed by atoms with van der Waals surface area (Å²) in [6.07, 6.45) is 0. The molecule has 0 heterocycles. The van der Waals surface area contributed by atoms with E-state index in [9.17, 15) is 9.59 Å². The molecule has 0 radical (unpaired) electrons. The molecule has 0 aliphatic rings. The minimum atomic E-state index is -1.09. The Morgan fingerprint density at radius 1 is 1.13 bits per heavy atom. The fraction of sp³-hybridized carbons (Fsp3) is 0.125. The van der Waals surface area contributed by atoms with Crippen LogP contribution >= 0.6 is 23.2 Å². The third-order valence-corrected chi connectivity index (χ3v) is 3.70. The average molecular weight is 354 g/mol. The minimum Gasteiger partial charge on any atom is -0.482 e. The van der Waals surface area contributed by atoms with Crippen LogP contribution in [0.25, 0.3) is 0 Å². The summed E-state index contributed by atoms with van der Waals surface area (Å²) in [5, 5.41) is 12.2. The highest BCUT2D eigenvalue weighted by Gasteiger charge is 2.10. The zero-order valence-corrected chi connectivity index (χ0v) is 13.6. The van der Waals surface area contributed by atoms with Gasteiger partial charge in [0.25, 0.3) is 5.91 Å². The van der Waals surface area contributed by atoms with Gasteiger partial charge >= 0.3 is 5.97 Å².